The van der Waals surface area contributed by atoms with Gasteiger partial charge in [-0.05, 0) is 51.0 Å². The van der Waals surface area contributed by atoms with Crippen LogP contribution in [0.2, 0.25) is 0 Å². The minimum Gasteiger partial charge on any atom is -0.343 e. The lowest BCUT2D eigenvalue weighted by Crippen LogP contribution is -2.62. The molecule has 5 heteroatoms. The van der Waals surface area contributed by atoms with Gasteiger partial charge < -0.3 is 5.32 Å². The summed E-state index contributed by atoms with van der Waals surface area (Å²) in [5.41, 5.74) is 2.80. The molecule has 1 N–H and O–H groups in total. The fourth-order valence-corrected chi connectivity index (χ4v) is 3.19. The van der Waals surface area contributed by atoms with E-state index in [0.29, 0.717) is 0 Å². The normalized spacial score (nSPS) is 23.5. The van der Waals surface area contributed by atoms with Crippen molar-refractivity contribution in [1.82, 2.24) is 5.32 Å². The zero-order valence-electron chi connectivity index (χ0n) is 11.5. The maximum atomic E-state index is 12.4. The van der Waals surface area contributed by atoms with Gasteiger partial charge >= 0.3 is 0 Å². The smallest absolute Gasteiger partial charge is 0.250 e. The molecule has 1 fully saturated rings. The van der Waals surface area contributed by atoms with E-state index < -0.39 is 12.1 Å². The van der Waals surface area contributed by atoms with Gasteiger partial charge in [0.05, 0.1) is 5.69 Å². The third kappa shape index (κ3) is 2.39. The van der Waals surface area contributed by atoms with Crippen molar-refractivity contribution in [2.75, 3.05) is 4.90 Å². The minimum atomic E-state index is -0.484. The second-order valence-electron chi connectivity index (χ2n) is 5.00. The molecule has 1 aliphatic rings. The number of nitrogens with one attached hydrogen (secondary N) is 1. The number of aryl methyl sites for hydroxylation is 2. The monoisotopic (exact) mass is 324 g/mol. The van der Waals surface area contributed by atoms with Crippen molar-refractivity contribution >= 4 is 33.4 Å². The molecule has 1 aliphatic heterocycles. The van der Waals surface area contributed by atoms with E-state index in [4.69, 9.17) is 0 Å². The van der Waals surface area contributed by atoms with Crippen LogP contribution in [0.1, 0.15) is 25.0 Å². The van der Waals surface area contributed by atoms with E-state index in [1.54, 1.807) is 18.7 Å². The molecule has 0 aliphatic carbocycles. The van der Waals surface area contributed by atoms with Crippen molar-refractivity contribution < 1.29 is 9.59 Å². The number of carbonyl (C=O) groups excluding carboxylic acids is 2. The second kappa shape index (κ2) is 4.96. The van der Waals surface area contributed by atoms with Crippen LogP contribution < -0.4 is 10.2 Å². The topological polar surface area (TPSA) is 49.4 Å². The van der Waals surface area contributed by atoms with Gasteiger partial charge in [-0.15, -0.1) is 0 Å². The Morgan fingerprint density at radius 1 is 1.16 bits per heavy atom. The van der Waals surface area contributed by atoms with Crippen LogP contribution in [-0.2, 0) is 9.59 Å². The van der Waals surface area contributed by atoms with Gasteiger partial charge in [0.1, 0.15) is 12.1 Å². The molecule has 2 unspecified atom stereocenters. The molecule has 2 atom stereocenters. The van der Waals surface area contributed by atoms with Crippen LogP contribution in [0.3, 0.4) is 0 Å². The van der Waals surface area contributed by atoms with Crippen LogP contribution >= 0.6 is 15.9 Å². The predicted molar refractivity (Wildman–Crippen MR) is 78.2 cm³/mol. The van der Waals surface area contributed by atoms with Crippen LogP contribution in [0.15, 0.2) is 16.6 Å². The first-order chi connectivity index (χ1) is 8.82. The van der Waals surface area contributed by atoms with Crippen LogP contribution in [0.25, 0.3) is 0 Å². The molecule has 2 rings (SSSR count). The molecule has 0 spiro atoms. The molecular weight excluding hydrogens is 308 g/mol. The number of benzene rings is 1. The number of anilines is 1. The van der Waals surface area contributed by atoms with Gasteiger partial charge in [0.2, 0.25) is 11.8 Å². The quantitative estimate of drug-likeness (QED) is 0.861. The molecule has 2 amide bonds. The number of carbonyl (C=O) groups is 2. The lowest BCUT2D eigenvalue weighted by Gasteiger charge is -2.37. The first-order valence-electron chi connectivity index (χ1n) is 6.23. The summed E-state index contributed by atoms with van der Waals surface area (Å²) in [7, 11) is 0. The Kier molecular flexibility index (Phi) is 3.67. The number of nitrogens with zero attached hydrogens (tertiary/aromatic N) is 1. The Balaban J connectivity index is 2.56. The highest BCUT2D eigenvalue weighted by Gasteiger charge is 2.37. The molecule has 0 saturated carbocycles. The van der Waals surface area contributed by atoms with Crippen molar-refractivity contribution in [2.45, 2.75) is 39.8 Å². The summed E-state index contributed by atoms with van der Waals surface area (Å²) in [5.74, 6) is -0.186. The highest BCUT2D eigenvalue weighted by molar-refractivity contribution is 9.10. The minimum absolute atomic E-state index is 0.0689. The average Bonchev–Trinajstić information content (AvgIpc) is 2.30. The Bertz CT molecular complexity index is 533. The molecule has 1 heterocycles. The molecule has 1 aromatic carbocycles. The van der Waals surface area contributed by atoms with E-state index in [9.17, 15) is 9.59 Å². The molecule has 0 radical (unpaired) electrons. The first kappa shape index (κ1) is 14.1. The van der Waals surface area contributed by atoms with Crippen LogP contribution in [0.5, 0.6) is 0 Å². The number of amides is 2. The van der Waals surface area contributed by atoms with Gasteiger partial charge in [-0.25, -0.2) is 0 Å². The van der Waals surface area contributed by atoms with E-state index in [2.05, 4.69) is 21.2 Å². The van der Waals surface area contributed by atoms with Crippen LogP contribution in [-0.4, -0.2) is 23.9 Å². The summed E-state index contributed by atoms with van der Waals surface area (Å²) in [6.07, 6.45) is 0. The zero-order valence-corrected chi connectivity index (χ0v) is 13.0. The summed E-state index contributed by atoms with van der Waals surface area (Å²) in [6, 6.07) is 2.95. The summed E-state index contributed by atoms with van der Waals surface area (Å²) < 4.78 is 0.973. The van der Waals surface area contributed by atoms with E-state index in [-0.39, 0.29) is 11.8 Å². The third-order valence-electron chi connectivity index (χ3n) is 3.43. The largest absolute Gasteiger partial charge is 0.343 e. The van der Waals surface area contributed by atoms with Gasteiger partial charge in [0.25, 0.3) is 0 Å². The molecular formula is C14H17BrN2O2. The van der Waals surface area contributed by atoms with Crippen LogP contribution in [0, 0.1) is 13.8 Å². The Labute approximate surface area is 121 Å². The Morgan fingerprint density at radius 3 is 2.21 bits per heavy atom. The number of hydrogen-bond acceptors (Lipinski definition) is 2. The molecule has 0 aromatic heterocycles. The fraction of sp³-hybridized carbons (Fsp3) is 0.429. The summed E-state index contributed by atoms with van der Waals surface area (Å²) in [6.45, 7) is 7.36. The molecule has 102 valence electrons. The van der Waals surface area contributed by atoms with E-state index in [0.717, 1.165) is 21.3 Å². The molecule has 4 nitrogen and oxygen atoms in total. The van der Waals surface area contributed by atoms with Gasteiger partial charge in [0.15, 0.2) is 0 Å². The number of halogens is 1. The number of piperazine rings is 1. The molecule has 0 bridgehead atoms. The van der Waals surface area contributed by atoms with Crippen LogP contribution in [0.4, 0.5) is 5.69 Å². The standard InChI is InChI=1S/C14H17BrN2O2/c1-7-5-11(15)6-8(2)12(7)17-10(4)13(18)16-9(3)14(17)19/h5-6,9-10H,1-4H3,(H,16,18). The molecule has 19 heavy (non-hydrogen) atoms. The van der Waals surface area contributed by atoms with Crippen molar-refractivity contribution in [3.8, 4) is 0 Å². The Hall–Kier alpha value is -1.36. The highest BCUT2D eigenvalue weighted by atomic mass is 79.9. The van der Waals surface area contributed by atoms with E-state index >= 15 is 0 Å². The van der Waals surface area contributed by atoms with Gasteiger partial charge in [-0.1, -0.05) is 15.9 Å². The van der Waals surface area contributed by atoms with E-state index in [1.165, 1.54) is 0 Å². The summed E-state index contributed by atoms with van der Waals surface area (Å²) >= 11 is 3.44. The average molecular weight is 325 g/mol. The van der Waals surface area contributed by atoms with Gasteiger partial charge in [-0.3, -0.25) is 14.5 Å². The van der Waals surface area contributed by atoms with Crippen molar-refractivity contribution in [2.24, 2.45) is 0 Å². The number of rotatable bonds is 1. The van der Waals surface area contributed by atoms with Gasteiger partial charge in [-0.2, -0.15) is 0 Å². The summed E-state index contributed by atoms with van der Waals surface area (Å²) in [5, 5.41) is 2.69. The lowest BCUT2D eigenvalue weighted by atomic mass is 10.0. The predicted octanol–water partition coefficient (Wildman–Crippen LogP) is 2.31. The third-order valence-corrected chi connectivity index (χ3v) is 3.89. The molecule has 1 saturated heterocycles. The maximum absolute atomic E-state index is 12.4. The maximum Gasteiger partial charge on any atom is 0.250 e. The lowest BCUT2D eigenvalue weighted by molar-refractivity contribution is -0.133. The zero-order chi connectivity index (χ0) is 14.3. The molecule has 1 aromatic rings. The number of hydrogen-bond donors (Lipinski definition) is 1. The fourth-order valence-electron chi connectivity index (χ4n) is 2.50. The first-order valence-corrected chi connectivity index (χ1v) is 7.02. The van der Waals surface area contributed by atoms with Crippen molar-refractivity contribution in [3.05, 3.63) is 27.7 Å². The second-order valence-corrected chi connectivity index (χ2v) is 5.92. The SMILES string of the molecule is Cc1cc(Br)cc(C)c1N1C(=O)C(C)NC(=O)C1C. The highest BCUT2D eigenvalue weighted by Crippen LogP contribution is 2.31. The Morgan fingerprint density at radius 2 is 1.68 bits per heavy atom. The van der Waals surface area contributed by atoms with E-state index in [1.807, 2.05) is 26.0 Å². The van der Waals surface area contributed by atoms with Crippen molar-refractivity contribution in [3.63, 3.8) is 0 Å². The van der Waals surface area contributed by atoms with Gasteiger partial charge in [0, 0.05) is 4.47 Å². The summed E-state index contributed by atoms with van der Waals surface area (Å²) in [4.78, 5) is 25.9. The van der Waals surface area contributed by atoms with Crippen molar-refractivity contribution in [1.29, 1.82) is 0 Å².